The van der Waals surface area contributed by atoms with Crippen molar-refractivity contribution < 1.29 is 14.4 Å². The van der Waals surface area contributed by atoms with Crippen LogP contribution in [0.5, 0.6) is 0 Å². The number of alkyl halides is 1. The number of hydrogen-bond acceptors (Lipinski definition) is 3. The average Bonchev–Trinajstić information content (AvgIpc) is 2.66. The molecule has 1 heterocycles. The molecular weight excluding hydrogens is 234 g/mol. The van der Waals surface area contributed by atoms with E-state index in [2.05, 4.69) is 5.32 Å². The van der Waals surface area contributed by atoms with Gasteiger partial charge in [-0.15, -0.1) is 11.6 Å². The smallest absolute Gasteiger partial charge is 0.324 e. The number of carbonyl (C=O) groups is 3. The van der Waals surface area contributed by atoms with Crippen LogP contribution in [0.15, 0.2) is 0 Å². The van der Waals surface area contributed by atoms with Gasteiger partial charge in [0.1, 0.15) is 0 Å². The zero-order valence-corrected chi connectivity index (χ0v) is 9.50. The first-order valence-electron chi connectivity index (χ1n) is 4.98. The largest absolute Gasteiger partial charge is 0.369 e. The third-order valence-electron chi connectivity index (χ3n) is 2.45. The molecule has 4 amide bonds. The Labute approximate surface area is 98.1 Å². The molecule has 7 heteroatoms. The number of nitrogens with zero attached hydrogens (tertiary/aromatic N) is 1. The number of imide groups is 1. The molecule has 0 radical (unpaired) electrons. The fourth-order valence-corrected chi connectivity index (χ4v) is 1.70. The quantitative estimate of drug-likeness (QED) is 0.668. The highest BCUT2D eigenvalue weighted by molar-refractivity contribution is 6.19. The number of nitrogens with two attached hydrogens (primary N) is 1. The Balaban J connectivity index is 2.39. The van der Waals surface area contributed by atoms with E-state index < -0.39 is 17.8 Å². The maximum absolute atomic E-state index is 11.5. The molecule has 0 aliphatic carbocycles. The molecule has 3 N–H and O–H groups in total. The lowest BCUT2D eigenvalue weighted by molar-refractivity contribution is -0.121. The summed E-state index contributed by atoms with van der Waals surface area (Å²) >= 11 is 5.36. The molecule has 0 aromatic rings. The van der Waals surface area contributed by atoms with Crippen molar-refractivity contribution in [3.05, 3.63) is 0 Å². The van der Waals surface area contributed by atoms with Gasteiger partial charge >= 0.3 is 6.03 Å². The van der Waals surface area contributed by atoms with Crippen LogP contribution < -0.4 is 11.1 Å². The number of amides is 4. The van der Waals surface area contributed by atoms with E-state index in [0.717, 1.165) is 0 Å². The van der Waals surface area contributed by atoms with Crippen molar-refractivity contribution >= 4 is 29.4 Å². The van der Waals surface area contributed by atoms with Crippen molar-refractivity contribution in [2.75, 3.05) is 19.0 Å². The first-order valence-corrected chi connectivity index (χ1v) is 5.52. The van der Waals surface area contributed by atoms with Crippen LogP contribution in [0, 0.1) is 5.92 Å². The van der Waals surface area contributed by atoms with Gasteiger partial charge in [-0.3, -0.25) is 14.9 Å². The number of halogens is 1. The Hall–Kier alpha value is -1.30. The Kier molecular flexibility index (Phi) is 4.54. The van der Waals surface area contributed by atoms with Gasteiger partial charge in [0.2, 0.25) is 11.8 Å². The van der Waals surface area contributed by atoms with Crippen LogP contribution in [-0.4, -0.2) is 41.7 Å². The zero-order chi connectivity index (χ0) is 12.1. The van der Waals surface area contributed by atoms with E-state index in [1.54, 1.807) is 0 Å². The highest BCUT2D eigenvalue weighted by Crippen LogP contribution is 2.15. The first kappa shape index (κ1) is 12.8. The molecule has 1 rings (SSSR count). The highest BCUT2D eigenvalue weighted by Gasteiger charge is 2.30. The van der Waals surface area contributed by atoms with Gasteiger partial charge < -0.3 is 10.6 Å². The highest BCUT2D eigenvalue weighted by atomic mass is 35.5. The number of primary amides is 1. The monoisotopic (exact) mass is 247 g/mol. The van der Waals surface area contributed by atoms with Gasteiger partial charge in [-0.05, 0) is 6.42 Å². The molecule has 1 unspecified atom stereocenters. The number of carbonyl (C=O) groups excluding carboxylic acids is 3. The lowest BCUT2D eigenvalue weighted by atomic mass is 10.1. The van der Waals surface area contributed by atoms with E-state index in [-0.39, 0.29) is 24.8 Å². The standard InChI is InChI=1S/C9H14ClN3O3/c10-3-1-7(14)12-9(16)13-4-2-6(5-13)8(11)15/h6H,1-5H2,(H2,11,15)(H,12,14,16). The number of rotatable bonds is 3. The van der Waals surface area contributed by atoms with Crippen LogP contribution in [0.4, 0.5) is 4.79 Å². The molecule has 16 heavy (non-hydrogen) atoms. The molecule has 1 aliphatic heterocycles. The molecule has 1 atom stereocenters. The maximum atomic E-state index is 11.5. The molecule has 0 aromatic carbocycles. The third kappa shape index (κ3) is 3.37. The van der Waals surface area contributed by atoms with Gasteiger partial charge in [0.05, 0.1) is 5.92 Å². The predicted octanol–water partition coefficient (Wildman–Crippen LogP) is -0.341. The van der Waals surface area contributed by atoms with E-state index in [1.807, 2.05) is 0 Å². The maximum Gasteiger partial charge on any atom is 0.324 e. The van der Waals surface area contributed by atoms with Gasteiger partial charge in [-0.2, -0.15) is 0 Å². The second kappa shape index (κ2) is 5.69. The van der Waals surface area contributed by atoms with Gasteiger partial charge in [0.25, 0.3) is 0 Å². The van der Waals surface area contributed by atoms with Crippen molar-refractivity contribution in [1.82, 2.24) is 10.2 Å². The van der Waals surface area contributed by atoms with Crippen molar-refractivity contribution in [2.45, 2.75) is 12.8 Å². The molecule has 1 saturated heterocycles. The van der Waals surface area contributed by atoms with Crippen LogP contribution in [0.3, 0.4) is 0 Å². The minimum Gasteiger partial charge on any atom is -0.369 e. The van der Waals surface area contributed by atoms with Crippen LogP contribution in [0.1, 0.15) is 12.8 Å². The van der Waals surface area contributed by atoms with Crippen molar-refractivity contribution in [3.8, 4) is 0 Å². The van der Waals surface area contributed by atoms with Crippen LogP contribution in [0.2, 0.25) is 0 Å². The lowest BCUT2D eigenvalue weighted by Gasteiger charge is -2.15. The van der Waals surface area contributed by atoms with Crippen LogP contribution in [-0.2, 0) is 9.59 Å². The minimum absolute atomic E-state index is 0.0976. The summed E-state index contributed by atoms with van der Waals surface area (Å²) < 4.78 is 0. The topological polar surface area (TPSA) is 92.5 Å². The first-order chi connectivity index (χ1) is 7.54. The molecule has 90 valence electrons. The van der Waals surface area contributed by atoms with Gasteiger partial charge in [0, 0.05) is 25.4 Å². The van der Waals surface area contributed by atoms with Gasteiger partial charge in [-0.25, -0.2) is 4.79 Å². The molecule has 0 aromatic heterocycles. The molecule has 1 aliphatic rings. The lowest BCUT2D eigenvalue weighted by Crippen LogP contribution is -2.42. The SMILES string of the molecule is NC(=O)C1CCN(C(=O)NC(=O)CCCl)C1. The fourth-order valence-electron chi connectivity index (χ4n) is 1.52. The Morgan fingerprint density at radius 1 is 1.44 bits per heavy atom. The molecule has 0 saturated carbocycles. The van der Waals surface area contributed by atoms with E-state index >= 15 is 0 Å². The van der Waals surface area contributed by atoms with E-state index in [0.29, 0.717) is 13.0 Å². The van der Waals surface area contributed by atoms with E-state index in [4.69, 9.17) is 17.3 Å². The normalized spacial score (nSPS) is 19.6. The summed E-state index contributed by atoms with van der Waals surface area (Å²) in [5.41, 5.74) is 5.13. The van der Waals surface area contributed by atoms with Crippen molar-refractivity contribution in [1.29, 1.82) is 0 Å². The van der Waals surface area contributed by atoms with Gasteiger partial charge in [-0.1, -0.05) is 0 Å². The second-order valence-corrected chi connectivity index (χ2v) is 4.00. The zero-order valence-electron chi connectivity index (χ0n) is 8.74. The Morgan fingerprint density at radius 2 is 2.12 bits per heavy atom. The molecular formula is C9H14ClN3O3. The summed E-state index contributed by atoms with van der Waals surface area (Å²) in [4.78, 5) is 34.9. The molecule has 1 fully saturated rings. The predicted molar refractivity (Wildman–Crippen MR) is 57.8 cm³/mol. The number of hydrogen-bond donors (Lipinski definition) is 2. The summed E-state index contributed by atoms with van der Waals surface area (Å²) in [5.74, 6) is -0.970. The summed E-state index contributed by atoms with van der Waals surface area (Å²) in [5, 5.41) is 2.19. The van der Waals surface area contributed by atoms with Crippen molar-refractivity contribution in [2.24, 2.45) is 11.7 Å². The Bertz CT molecular complexity index is 308. The second-order valence-electron chi connectivity index (χ2n) is 3.63. The molecule has 6 nitrogen and oxygen atoms in total. The number of likely N-dealkylation sites (tertiary alicyclic amines) is 1. The molecule has 0 spiro atoms. The van der Waals surface area contributed by atoms with E-state index in [9.17, 15) is 14.4 Å². The van der Waals surface area contributed by atoms with Crippen molar-refractivity contribution in [3.63, 3.8) is 0 Å². The van der Waals surface area contributed by atoms with E-state index in [1.165, 1.54) is 4.90 Å². The summed E-state index contributed by atoms with van der Waals surface area (Å²) in [6.45, 7) is 0.711. The Morgan fingerprint density at radius 3 is 2.62 bits per heavy atom. The third-order valence-corrected chi connectivity index (χ3v) is 2.63. The van der Waals surface area contributed by atoms with Crippen LogP contribution in [0.25, 0.3) is 0 Å². The fraction of sp³-hybridized carbons (Fsp3) is 0.667. The molecule has 0 bridgehead atoms. The van der Waals surface area contributed by atoms with Gasteiger partial charge in [0.15, 0.2) is 0 Å². The summed E-state index contributed by atoms with van der Waals surface area (Å²) in [6, 6.07) is -0.487. The summed E-state index contributed by atoms with van der Waals surface area (Å²) in [7, 11) is 0. The minimum atomic E-state index is -0.487. The average molecular weight is 248 g/mol. The summed E-state index contributed by atoms with van der Waals surface area (Å²) in [6.07, 6.45) is 0.646. The number of nitrogens with one attached hydrogen (secondary N) is 1. The number of urea groups is 1. The van der Waals surface area contributed by atoms with Crippen LogP contribution >= 0.6 is 11.6 Å².